The van der Waals surface area contributed by atoms with Crippen molar-refractivity contribution < 1.29 is 13.6 Å². The third kappa shape index (κ3) is 1.95. The Hall–Kier alpha value is -2.10. The van der Waals surface area contributed by atoms with Crippen molar-refractivity contribution in [2.45, 2.75) is 0 Å². The van der Waals surface area contributed by atoms with E-state index >= 15 is 0 Å². The molecule has 1 heterocycles. The molecule has 2 rings (SSSR count). The van der Waals surface area contributed by atoms with Gasteiger partial charge in [-0.1, -0.05) is 12.1 Å². The van der Waals surface area contributed by atoms with Crippen LogP contribution in [0.2, 0.25) is 0 Å². The number of halogens is 2. The number of hydrogen-bond donors (Lipinski definition) is 0. The minimum Gasteiger partial charge on any atom is -0.296 e. The van der Waals surface area contributed by atoms with Crippen LogP contribution in [0.1, 0.15) is 10.5 Å². The van der Waals surface area contributed by atoms with Crippen molar-refractivity contribution in [3.05, 3.63) is 53.9 Å². The second-order valence-corrected chi connectivity index (χ2v) is 3.19. The van der Waals surface area contributed by atoms with Crippen molar-refractivity contribution in [2.24, 2.45) is 0 Å². The summed E-state index contributed by atoms with van der Waals surface area (Å²) in [5.74, 6) is -1.15. The molecule has 0 fully saturated rings. The minimum atomic E-state index is -0.734. The van der Waals surface area contributed by atoms with E-state index in [0.717, 1.165) is 6.07 Å². The molecule has 0 saturated carbocycles. The predicted molar refractivity (Wildman–Crippen MR) is 55.0 cm³/mol. The summed E-state index contributed by atoms with van der Waals surface area (Å²) in [4.78, 5) is 14.2. The molecule has 0 atom stereocenters. The van der Waals surface area contributed by atoms with Crippen molar-refractivity contribution >= 4 is 6.29 Å². The third-order valence-corrected chi connectivity index (χ3v) is 2.14. The van der Waals surface area contributed by atoms with Gasteiger partial charge in [-0.3, -0.25) is 4.79 Å². The number of hydrogen-bond acceptors (Lipinski definition) is 2. The second-order valence-electron chi connectivity index (χ2n) is 3.19. The number of benzene rings is 1. The van der Waals surface area contributed by atoms with Crippen LogP contribution >= 0.6 is 0 Å². The average Bonchev–Trinajstić information content (AvgIpc) is 2.28. The van der Waals surface area contributed by atoms with Crippen LogP contribution in [0.5, 0.6) is 0 Å². The molecule has 0 aliphatic rings. The first-order chi connectivity index (χ1) is 7.70. The van der Waals surface area contributed by atoms with Gasteiger partial charge >= 0.3 is 0 Å². The number of carbonyl (C=O) groups excluding carboxylic acids is 1. The summed E-state index contributed by atoms with van der Waals surface area (Å²) in [5, 5.41) is 0. The van der Waals surface area contributed by atoms with Crippen LogP contribution in [-0.4, -0.2) is 11.3 Å². The summed E-state index contributed by atoms with van der Waals surface area (Å²) in [6.45, 7) is 0. The highest BCUT2D eigenvalue weighted by Gasteiger charge is 2.07. The van der Waals surface area contributed by atoms with E-state index in [2.05, 4.69) is 4.98 Å². The maximum atomic E-state index is 13.0. The number of aldehydes is 1. The molecule has 0 spiro atoms. The molecule has 16 heavy (non-hydrogen) atoms. The Kier molecular flexibility index (Phi) is 2.72. The molecule has 0 radical (unpaired) electrons. The lowest BCUT2D eigenvalue weighted by Gasteiger charge is -2.04. The number of carbonyl (C=O) groups is 1. The number of pyridine rings is 1. The number of nitrogens with zero attached hydrogens (tertiary/aromatic N) is 1. The second kappa shape index (κ2) is 4.18. The van der Waals surface area contributed by atoms with Crippen LogP contribution in [0.3, 0.4) is 0 Å². The van der Waals surface area contributed by atoms with Gasteiger partial charge in [0.05, 0.1) is 0 Å². The van der Waals surface area contributed by atoms with E-state index in [1.807, 2.05) is 0 Å². The monoisotopic (exact) mass is 219 g/mol. The quantitative estimate of drug-likeness (QED) is 0.574. The van der Waals surface area contributed by atoms with Gasteiger partial charge in [-0.05, 0) is 29.8 Å². The van der Waals surface area contributed by atoms with Crippen molar-refractivity contribution in [3.63, 3.8) is 0 Å². The third-order valence-electron chi connectivity index (χ3n) is 2.14. The molecule has 0 aliphatic carbocycles. The molecule has 0 saturated heterocycles. The van der Waals surface area contributed by atoms with Gasteiger partial charge in [-0.2, -0.15) is 4.39 Å². The Morgan fingerprint density at radius 2 is 1.94 bits per heavy atom. The maximum Gasteiger partial charge on any atom is 0.213 e. The molecule has 1 aromatic heterocycles. The largest absolute Gasteiger partial charge is 0.296 e. The van der Waals surface area contributed by atoms with Gasteiger partial charge in [0.15, 0.2) is 6.29 Å². The van der Waals surface area contributed by atoms with Crippen molar-refractivity contribution in [2.75, 3.05) is 0 Å². The first-order valence-corrected chi connectivity index (χ1v) is 4.58. The Morgan fingerprint density at radius 3 is 2.62 bits per heavy atom. The molecule has 80 valence electrons. The molecular weight excluding hydrogens is 212 g/mol. The van der Waals surface area contributed by atoms with Crippen molar-refractivity contribution in [3.8, 4) is 11.1 Å². The Morgan fingerprint density at radius 1 is 1.12 bits per heavy atom. The maximum absolute atomic E-state index is 13.0. The summed E-state index contributed by atoms with van der Waals surface area (Å²) in [7, 11) is 0. The van der Waals surface area contributed by atoms with Gasteiger partial charge in [-0.15, -0.1) is 0 Å². The number of rotatable bonds is 2. The summed E-state index contributed by atoms with van der Waals surface area (Å²) in [5.41, 5.74) is 0.871. The summed E-state index contributed by atoms with van der Waals surface area (Å²) < 4.78 is 25.8. The fourth-order valence-corrected chi connectivity index (χ4v) is 1.44. The standard InChI is InChI=1S/C12H7F2NO/c13-9-3-1-2-8(6-9)10-4-5-12(14)15-11(10)7-16/h1-7H. The molecule has 0 aliphatic heterocycles. The van der Waals surface area contributed by atoms with E-state index in [1.165, 1.54) is 24.3 Å². The SMILES string of the molecule is O=Cc1nc(F)ccc1-c1cccc(F)c1. The lowest BCUT2D eigenvalue weighted by atomic mass is 10.0. The fourth-order valence-electron chi connectivity index (χ4n) is 1.44. The highest BCUT2D eigenvalue weighted by atomic mass is 19.1. The van der Waals surface area contributed by atoms with Crippen LogP contribution < -0.4 is 0 Å². The Bertz CT molecular complexity index is 540. The summed E-state index contributed by atoms with van der Waals surface area (Å²) in [6, 6.07) is 8.24. The van der Waals surface area contributed by atoms with Gasteiger partial charge in [0, 0.05) is 5.56 Å². The molecule has 0 amide bonds. The molecule has 0 bridgehead atoms. The van der Waals surface area contributed by atoms with E-state index in [9.17, 15) is 13.6 Å². The van der Waals surface area contributed by atoms with E-state index in [1.54, 1.807) is 6.07 Å². The van der Waals surface area contributed by atoms with Crippen molar-refractivity contribution in [1.82, 2.24) is 4.98 Å². The summed E-state index contributed by atoms with van der Waals surface area (Å²) in [6.07, 6.45) is 0.448. The van der Waals surface area contributed by atoms with E-state index in [0.29, 0.717) is 17.4 Å². The first-order valence-electron chi connectivity index (χ1n) is 4.58. The Balaban J connectivity index is 2.59. The van der Waals surface area contributed by atoms with Gasteiger partial charge in [0.2, 0.25) is 5.95 Å². The number of aromatic nitrogens is 1. The van der Waals surface area contributed by atoms with Gasteiger partial charge < -0.3 is 0 Å². The average molecular weight is 219 g/mol. The molecule has 2 nitrogen and oxygen atoms in total. The molecular formula is C12H7F2NO. The molecule has 2 aromatic rings. The zero-order chi connectivity index (χ0) is 11.5. The zero-order valence-corrected chi connectivity index (χ0v) is 8.15. The fraction of sp³-hybridized carbons (Fsp3) is 0. The van der Waals surface area contributed by atoms with Crippen molar-refractivity contribution in [1.29, 1.82) is 0 Å². The van der Waals surface area contributed by atoms with Crippen LogP contribution in [0.4, 0.5) is 8.78 Å². The molecule has 1 aromatic carbocycles. The topological polar surface area (TPSA) is 30.0 Å². The zero-order valence-electron chi connectivity index (χ0n) is 8.15. The lowest BCUT2D eigenvalue weighted by Crippen LogP contribution is -1.95. The minimum absolute atomic E-state index is 0.0365. The van der Waals surface area contributed by atoms with E-state index in [-0.39, 0.29) is 5.69 Å². The van der Waals surface area contributed by atoms with Crippen LogP contribution in [0.25, 0.3) is 11.1 Å². The van der Waals surface area contributed by atoms with Crippen LogP contribution in [0, 0.1) is 11.8 Å². The van der Waals surface area contributed by atoms with Gasteiger partial charge in [0.25, 0.3) is 0 Å². The highest BCUT2D eigenvalue weighted by molar-refractivity contribution is 5.84. The van der Waals surface area contributed by atoms with E-state index < -0.39 is 11.8 Å². The van der Waals surface area contributed by atoms with Gasteiger partial charge in [-0.25, -0.2) is 9.37 Å². The normalized spacial score (nSPS) is 10.1. The van der Waals surface area contributed by atoms with Crippen LogP contribution in [-0.2, 0) is 0 Å². The molecule has 0 unspecified atom stereocenters. The van der Waals surface area contributed by atoms with Crippen LogP contribution in [0.15, 0.2) is 36.4 Å². The smallest absolute Gasteiger partial charge is 0.213 e. The Labute approximate surface area is 90.6 Å². The molecule has 4 heteroatoms. The van der Waals surface area contributed by atoms with Gasteiger partial charge in [0.1, 0.15) is 11.5 Å². The summed E-state index contributed by atoms with van der Waals surface area (Å²) >= 11 is 0. The first kappa shape index (κ1) is 10.4. The highest BCUT2D eigenvalue weighted by Crippen LogP contribution is 2.22. The predicted octanol–water partition coefficient (Wildman–Crippen LogP) is 2.84. The molecule has 0 N–H and O–H groups in total. The lowest BCUT2D eigenvalue weighted by molar-refractivity contribution is 0.111. The van der Waals surface area contributed by atoms with E-state index in [4.69, 9.17) is 0 Å².